The van der Waals surface area contributed by atoms with Gasteiger partial charge in [0, 0.05) is 44.6 Å². The van der Waals surface area contributed by atoms with Crippen molar-refractivity contribution >= 4 is 24.8 Å². The number of hydrogen-bond acceptors (Lipinski definition) is 3. The molecular weight excluding hydrogens is 281 g/mol. The largest absolute Gasteiger partial charge is 0.314 e. The van der Waals surface area contributed by atoms with Crippen LogP contribution in [0.15, 0.2) is 24.5 Å². The lowest BCUT2D eigenvalue weighted by Crippen LogP contribution is -2.45. The molecule has 110 valence electrons. The quantitative estimate of drug-likeness (QED) is 0.906. The second-order valence-corrected chi connectivity index (χ2v) is 4.72. The van der Waals surface area contributed by atoms with Crippen LogP contribution >= 0.6 is 24.8 Å². The molecule has 1 aliphatic heterocycles. The minimum Gasteiger partial charge on any atom is -0.314 e. The number of hydrogen-bond donors (Lipinski definition) is 1. The average molecular weight is 306 g/mol. The lowest BCUT2D eigenvalue weighted by molar-refractivity contribution is 0.163. The number of rotatable bonds is 5. The van der Waals surface area contributed by atoms with E-state index in [1.165, 1.54) is 24.8 Å². The topological polar surface area (TPSA) is 28.2 Å². The summed E-state index contributed by atoms with van der Waals surface area (Å²) in [4.78, 5) is 6.73. The third-order valence-corrected chi connectivity index (χ3v) is 3.51. The highest BCUT2D eigenvalue weighted by Crippen LogP contribution is 2.26. The number of aromatic nitrogens is 1. The van der Waals surface area contributed by atoms with Crippen LogP contribution in [-0.4, -0.2) is 36.1 Å². The van der Waals surface area contributed by atoms with Crippen molar-refractivity contribution < 1.29 is 0 Å². The molecule has 1 N–H and O–H groups in total. The van der Waals surface area contributed by atoms with Crippen LogP contribution in [0.25, 0.3) is 0 Å². The van der Waals surface area contributed by atoms with Crippen LogP contribution in [0.3, 0.4) is 0 Å². The average Bonchev–Trinajstić information content (AvgIpc) is 2.42. The number of nitrogens with one attached hydrogen (secondary N) is 1. The van der Waals surface area contributed by atoms with Gasteiger partial charge in [0.05, 0.1) is 0 Å². The monoisotopic (exact) mass is 305 g/mol. The molecule has 1 saturated heterocycles. The van der Waals surface area contributed by atoms with Crippen molar-refractivity contribution in [2.75, 3.05) is 26.2 Å². The van der Waals surface area contributed by atoms with Gasteiger partial charge in [0.25, 0.3) is 0 Å². The lowest BCUT2D eigenvalue weighted by Gasteiger charge is -2.35. The second-order valence-electron chi connectivity index (χ2n) is 4.72. The Morgan fingerprint density at radius 2 is 1.84 bits per heavy atom. The van der Waals surface area contributed by atoms with Gasteiger partial charge >= 0.3 is 0 Å². The zero-order valence-corrected chi connectivity index (χ0v) is 13.2. The Morgan fingerprint density at radius 1 is 1.21 bits per heavy atom. The Morgan fingerprint density at radius 3 is 2.42 bits per heavy atom. The fourth-order valence-corrected chi connectivity index (χ4v) is 2.54. The van der Waals surface area contributed by atoms with E-state index in [4.69, 9.17) is 0 Å². The smallest absolute Gasteiger partial charge is 0.0350 e. The van der Waals surface area contributed by atoms with Gasteiger partial charge in [-0.2, -0.15) is 0 Å². The molecule has 5 heteroatoms. The van der Waals surface area contributed by atoms with Crippen molar-refractivity contribution in [1.82, 2.24) is 15.2 Å². The Hall–Kier alpha value is -0.350. The third-order valence-electron chi connectivity index (χ3n) is 3.51. The molecule has 1 aromatic rings. The maximum atomic E-state index is 4.12. The SMILES string of the molecule is CCCC[C@H](c1ccncc1)N1CCNCC1.Cl.Cl. The Labute approximate surface area is 129 Å². The molecular formula is C14H25Cl2N3. The van der Waals surface area contributed by atoms with E-state index in [0.29, 0.717) is 6.04 Å². The van der Waals surface area contributed by atoms with Gasteiger partial charge < -0.3 is 5.32 Å². The van der Waals surface area contributed by atoms with E-state index in [-0.39, 0.29) is 24.8 Å². The number of piperazine rings is 1. The molecule has 0 saturated carbocycles. The van der Waals surface area contributed by atoms with Gasteiger partial charge in [0.2, 0.25) is 0 Å². The van der Waals surface area contributed by atoms with Crippen LogP contribution in [-0.2, 0) is 0 Å². The summed E-state index contributed by atoms with van der Waals surface area (Å²) in [5.41, 5.74) is 1.43. The van der Waals surface area contributed by atoms with Crippen molar-refractivity contribution in [1.29, 1.82) is 0 Å². The summed E-state index contributed by atoms with van der Waals surface area (Å²) >= 11 is 0. The first-order valence-corrected chi connectivity index (χ1v) is 6.76. The summed E-state index contributed by atoms with van der Waals surface area (Å²) in [6.07, 6.45) is 7.66. The van der Waals surface area contributed by atoms with Crippen LogP contribution < -0.4 is 5.32 Å². The summed E-state index contributed by atoms with van der Waals surface area (Å²) in [6.45, 7) is 6.83. The van der Waals surface area contributed by atoms with Gasteiger partial charge in [-0.3, -0.25) is 9.88 Å². The van der Waals surface area contributed by atoms with Crippen LogP contribution in [0.2, 0.25) is 0 Å². The normalized spacial score (nSPS) is 17.1. The maximum absolute atomic E-state index is 4.12. The lowest BCUT2D eigenvalue weighted by atomic mass is 10.00. The molecule has 1 aromatic heterocycles. The molecule has 0 amide bonds. The van der Waals surface area contributed by atoms with Gasteiger partial charge in [-0.05, 0) is 24.1 Å². The molecule has 0 aliphatic carbocycles. The number of pyridine rings is 1. The number of halogens is 2. The minimum absolute atomic E-state index is 0. The predicted octanol–water partition coefficient (Wildman–Crippen LogP) is 3.06. The first kappa shape index (κ1) is 18.7. The molecule has 1 atom stereocenters. The highest BCUT2D eigenvalue weighted by Gasteiger charge is 2.21. The van der Waals surface area contributed by atoms with Crippen LogP contribution in [0.5, 0.6) is 0 Å². The van der Waals surface area contributed by atoms with Crippen molar-refractivity contribution in [2.45, 2.75) is 32.2 Å². The van der Waals surface area contributed by atoms with Crippen LogP contribution in [0.4, 0.5) is 0 Å². The molecule has 1 fully saturated rings. The highest BCUT2D eigenvalue weighted by molar-refractivity contribution is 5.85. The fraction of sp³-hybridized carbons (Fsp3) is 0.643. The second kappa shape index (κ2) is 10.4. The van der Waals surface area contributed by atoms with Gasteiger partial charge in [-0.15, -0.1) is 24.8 Å². The molecule has 0 bridgehead atoms. The van der Waals surface area contributed by atoms with Crippen molar-refractivity contribution in [3.05, 3.63) is 30.1 Å². The zero-order chi connectivity index (χ0) is 11.9. The van der Waals surface area contributed by atoms with E-state index in [0.717, 1.165) is 26.2 Å². The summed E-state index contributed by atoms with van der Waals surface area (Å²) in [7, 11) is 0. The van der Waals surface area contributed by atoms with Gasteiger partial charge in [0.15, 0.2) is 0 Å². The van der Waals surface area contributed by atoms with Gasteiger partial charge in [-0.1, -0.05) is 19.8 Å². The Bertz CT molecular complexity index is 316. The summed E-state index contributed by atoms with van der Waals surface area (Å²) < 4.78 is 0. The van der Waals surface area contributed by atoms with E-state index in [1.54, 1.807) is 0 Å². The fourth-order valence-electron chi connectivity index (χ4n) is 2.54. The van der Waals surface area contributed by atoms with Crippen LogP contribution in [0.1, 0.15) is 37.8 Å². The first-order chi connectivity index (χ1) is 8.42. The predicted molar refractivity (Wildman–Crippen MR) is 85.4 cm³/mol. The highest BCUT2D eigenvalue weighted by atomic mass is 35.5. The molecule has 2 rings (SSSR count). The van der Waals surface area contributed by atoms with Crippen molar-refractivity contribution in [3.8, 4) is 0 Å². The van der Waals surface area contributed by atoms with E-state index in [1.807, 2.05) is 12.4 Å². The molecule has 0 unspecified atom stereocenters. The standard InChI is InChI=1S/C14H23N3.2ClH/c1-2-3-4-14(13-5-7-15-8-6-13)17-11-9-16-10-12-17;;/h5-8,14,16H,2-4,9-12H2,1H3;2*1H/t14-;;/m1../s1. The summed E-state index contributed by atoms with van der Waals surface area (Å²) in [5.74, 6) is 0. The van der Waals surface area contributed by atoms with Crippen molar-refractivity contribution in [2.24, 2.45) is 0 Å². The van der Waals surface area contributed by atoms with E-state index < -0.39 is 0 Å². The molecule has 0 aromatic carbocycles. The third kappa shape index (κ3) is 5.65. The summed E-state index contributed by atoms with van der Waals surface area (Å²) in [5, 5.41) is 3.42. The summed E-state index contributed by atoms with van der Waals surface area (Å²) in [6, 6.07) is 4.92. The molecule has 19 heavy (non-hydrogen) atoms. The van der Waals surface area contributed by atoms with Crippen LogP contribution in [0, 0.1) is 0 Å². The minimum atomic E-state index is 0. The molecule has 0 spiro atoms. The number of unbranched alkanes of at least 4 members (excludes halogenated alkanes) is 1. The zero-order valence-electron chi connectivity index (χ0n) is 11.5. The Kier molecular flexibility index (Phi) is 10.2. The molecule has 3 nitrogen and oxygen atoms in total. The van der Waals surface area contributed by atoms with E-state index >= 15 is 0 Å². The van der Waals surface area contributed by atoms with Crippen molar-refractivity contribution in [3.63, 3.8) is 0 Å². The number of nitrogens with zero attached hydrogens (tertiary/aromatic N) is 2. The van der Waals surface area contributed by atoms with Gasteiger partial charge in [-0.25, -0.2) is 0 Å². The molecule has 2 heterocycles. The molecule has 1 aliphatic rings. The maximum Gasteiger partial charge on any atom is 0.0350 e. The molecule has 0 radical (unpaired) electrons. The van der Waals surface area contributed by atoms with Gasteiger partial charge in [0.1, 0.15) is 0 Å². The van der Waals surface area contributed by atoms with E-state index in [9.17, 15) is 0 Å². The van der Waals surface area contributed by atoms with E-state index in [2.05, 4.69) is 34.3 Å². The first-order valence-electron chi connectivity index (χ1n) is 6.76. The Balaban J connectivity index is 0.00000162.